The Morgan fingerprint density at radius 1 is 1.14 bits per heavy atom. The Bertz CT molecular complexity index is 575. The normalized spacial score (nSPS) is 18.0. The molecule has 2 aromatic rings. The van der Waals surface area contributed by atoms with Crippen LogP contribution in [0.3, 0.4) is 0 Å². The van der Waals surface area contributed by atoms with Gasteiger partial charge in [-0.2, -0.15) is 0 Å². The van der Waals surface area contributed by atoms with Gasteiger partial charge in [-0.1, -0.05) is 38.3 Å². The van der Waals surface area contributed by atoms with Gasteiger partial charge in [0.15, 0.2) is 0 Å². The summed E-state index contributed by atoms with van der Waals surface area (Å²) in [4.78, 5) is 9.48. The minimum absolute atomic E-state index is 0.363. The molecule has 0 aliphatic heterocycles. The highest BCUT2D eigenvalue weighted by molar-refractivity contribution is 5.73. The van der Waals surface area contributed by atoms with Crippen molar-refractivity contribution in [2.75, 3.05) is 6.54 Å². The van der Waals surface area contributed by atoms with E-state index < -0.39 is 0 Å². The molecule has 3 heteroatoms. The van der Waals surface area contributed by atoms with E-state index in [1.807, 2.05) is 24.4 Å². The highest BCUT2D eigenvalue weighted by atomic mass is 15.0. The Morgan fingerprint density at radius 2 is 1.90 bits per heavy atom. The maximum Gasteiger partial charge on any atom is 0.0890 e. The first-order valence-electron chi connectivity index (χ1n) is 8.33. The first-order chi connectivity index (χ1) is 10.4. The molecule has 1 saturated carbocycles. The van der Waals surface area contributed by atoms with Gasteiger partial charge in [0.05, 0.1) is 29.0 Å². The Labute approximate surface area is 127 Å². The van der Waals surface area contributed by atoms with Crippen molar-refractivity contribution in [1.29, 1.82) is 0 Å². The molecule has 1 unspecified atom stereocenters. The average Bonchev–Trinajstić information content (AvgIpc) is 2.56. The molecule has 1 aliphatic rings. The lowest BCUT2D eigenvalue weighted by Crippen LogP contribution is -2.31. The molecule has 1 fully saturated rings. The third-order valence-corrected chi connectivity index (χ3v) is 4.52. The molecule has 0 amide bonds. The van der Waals surface area contributed by atoms with E-state index in [4.69, 9.17) is 4.98 Å². The molecular formula is C18H25N3. The summed E-state index contributed by atoms with van der Waals surface area (Å²) in [6.07, 6.45) is 9.87. The molecule has 3 nitrogen and oxygen atoms in total. The van der Waals surface area contributed by atoms with Crippen LogP contribution >= 0.6 is 0 Å². The zero-order valence-corrected chi connectivity index (χ0v) is 12.9. The van der Waals surface area contributed by atoms with E-state index in [-0.39, 0.29) is 0 Å². The number of fused-ring (bicyclic) bond motifs is 1. The lowest BCUT2D eigenvalue weighted by molar-refractivity contribution is 0.268. The lowest BCUT2D eigenvalue weighted by atomic mass is 9.82. The molecule has 112 valence electrons. The van der Waals surface area contributed by atoms with Gasteiger partial charge < -0.3 is 5.32 Å². The van der Waals surface area contributed by atoms with Crippen LogP contribution in [0.25, 0.3) is 11.0 Å². The fraction of sp³-hybridized carbons (Fsp3) is 0.556. The third kappa shape index (κ3) is 3.41. The number of benzene rings is 1. The van der Waals surface area contributed by atoms with Crippen molar-refractivity contribution < 1.29 is 0 Å². The Kier molecular flexibility index (Phi) is 4.81. The first-order valence-corrected chi connectivity index (χ1v) is 8.33. The number of nitrogens with one attached hydrogen (secondary N) is 1. The molecule has 1 heterocycles. The Morgan fingerprint density at radius 3 is 2.67 bits per heavy atom. The van der Waals surface area contributed by atoms with Gasteiger partial charge in [0, 0.05) is 0 Å². The quantitative estimate of drug-likeness (QED) is 0.891. The van der Waals surface area contributed by atoms with Gasteiger partial charge in [-0.3, -0.25) is 4.98 Å². The van der Waals surface area contributed by atoms with Crippen LogP contribution in [0.5, 0.6) is 0 Å². The Hall–Kier alpha value is -1.48. The largest absolute Gasteiger partial charge is 0.308 e. The average molecular weight is 283 g/mol. The molecule has 1 atom stereocenters. The fourth-order valence-electron chi connectivity index (χ4n) is 3.40. The first kappa shape index (κ1) is 14.5. The number of hydrogen-bond donors (Lipinski definition) is 1. The number of aromatic nitrogens is 2. The smallest absolute Gasteiger partial charge is 0.0890 e. The summed E-state index contributed by atoms with van der Waals surface area (Å²) < 4.78 is 0. The molecule has 21 heavy (non-hydrogen) atoms. The summed E-state index contributed by atoms with van der Waals surface area (Å²) >= 11 is 0. The summed E-state index contributed by atoms with van der Waals surface area (Å²) in [7, 11) is 0. The molecule has 0 spiro atoms. The van der Waals surface area contributed by atoms with Crippen LogP contribution in [0.15, 0.2) is 30.5 Å². The van der Waals surface area contributed by atoms with Gasteiger partial charge in [0.2, 0.25) is 0 Å². The van der Waals surface area contributed by atoms with E-state index in [1.54, 1.807) is 0 Å². The predicted octanol–water partition coefficient (Wildman–Crippen LogP) is 4.25. The van der Waals surface area contributed by atoms with Crippen molar-refractivity contribution in [2.24, 2.45) is 5.92 Å². The second-order valence-corrected chi connectivity index (χ2v) is 6.11. The van der Waals surface area contributed by atoms with E-state index in [1.165, 1.54) is 32.1 Å². The second kappa shape index (κ2) is 6.99. The third-order valence-electron chi connectivity index (χ3n) is 4.52. The van der Waals surface area contributed by atoms with Crippen LogP contribution in [0.1, 0.15) is 57.2 Å². The summed E-state index contributed by atoms with van der Waals surface area (Å²) in [6.45, 7) is 3.27. The highest BCUT2D eigenvalue weighted by Crippen LogP contribution is 2.34. The van der Waals surface area contributed by atoms with Crippen molar-refractivity contribution in [3.05, 3.63) is 36.2 Å². The molecule has 0 radical (unpaired) electrons. The molecule has 3 rings (SSSR count). The maximum absolute atomic E-state index is 4.88. The molecule has 0 saturated heterocycles. The van der Waals surface area contributed by atoms with Crippen LogP contribution in [-0.4, -0.2) is 16.5 Å². The monoisotopic (exact) mass is 283 g/mol. The number of rotatable bonds is 5. The standard InChI is InChI=1S/C18H25N3/c1-2-12-19-18(14-8-4-3-5-9-14)17-13-20-15-10-6-7-11-16(15)21-17/h6-7,10-11,13-14,18-19H,2-5,8-9,12H2,1H3. The van der Waals surface area contributed by atoms with Crippen LogP contribution in [-0.2, 0) is 0 Å². The van der Waals surface area contributed by atoms with Gasteiger partial charge in [-0.25, -0.2) is 4.98 Å². The van der Waals surface area contributed by atoms with Crippen LogP contribution in [0, 0.1) is 5.92 Å². The van der Waals surface area contributed by atoms with E-state index in [9.17, 15) is 0 Å². The molecule has 1 aromatic heterocycles. The van der Waals surface area contributed by atoms with E-state index in [0.29, 0.717) is 12.0 Å². The topological polar surface area (TPSA) is 37.8 Å². The van der Waals surface area contributed by atoms with Crippen molar-refractivity contribution in [1.82, 2.24) is 15.3 Å². The van der Waals surface area contributed by atoms with E-state index in [2.05, 4.69) is 23.3 Å². The number of nitrogens with zero attached hydrogens (tertiary/aromatic N) is 2. The molecule has 0 bridgehead atoms. The van der Waals surface area contributed by atoms with Gasteiger partial charge in [-0.05, 0) is 43.9 Å². The van der Waals surface area contributed by atoms with Crippen molar-refractivity contribution in [3.63, 3.8) is 0 Å². The number of hydrogen-bond acceptors (Lipinski definition) is 3. The minimum Gasteiger partial charge on any atom is -0.308 e. The van der Waals surface area contributed by atoms with Crippen LogP contribution < -0.4 is 5.32 Å². The van der Waals surface area contributed by atoms with Gasteiger partial charge >= 0.3 is 0 Å². The lowest BCUT2D eigenvalue weighted by Gasteiger charge is -2.30. The predicted molar refractivity (Wildman–Crippen MR) is 87.1 cm³/mol. The summed E-state index contributed by atoms with van der Waals surface area (Å²) in [6, 6.07) is 8.51. The summed E-state index contributed by atoms with van der Waals surface area (Å²) in [5.41, 5.74) is 3.11. The fourth-order valence-corrected chi connectivity index (χ4v) is 3.40. The van der Waals surface area contributed by atoms with Crippen molar-refractivity contribution in [3.8, 4) is 0 Å². The van der Waals surface area contributed by atoms with Crippen molar-refractivity contribution >= 4 is 11.0 Å². The summed E-state index contributed by atoms with van der Waals surface area (Å²) in [5.74, 6) is 0.709. The second-order valence-electron chi connectivity index (χ2n) is 6.11. The number of para-hydroxylation sites is 2. The molecule has 1 aromatic carbocycles. The molecule has 1 aliphatic carbocycles. The maximum atomic E-state index is 4.88. The zero-order chi connectivity index (χ0) is 14.5. The van der Waals surface area contributed by atoms with Crippen LogP contribution in [0.4, 0.5) is 0 Å². The van der Waals surface area contributed by atoms with Gasteiger partial charge in [-0.15, -0.1) is 0 Å². The van der Waals surface area contributed by atoms with Crippen LogP contribution in [0.2, 0.25) is 0 Å². The minimum atomic E-state index is 0.363. The summed E-state index contributed by atoms with van der Waals surface area (Å²) in [5, 5.41) is 3.72. The van der Waals surface area contributed by atoms with E-state index >= 15 is 0 Å². The van der Waals surface area contributed by atoms with E-state index in [0.717, 1.165) is 29.7 Å². The van der Waals surface area contributed by atoms with Gasteiger partial charge in [0.1, 0.15) is 0 Å². The highest BCUT2D eigenvalue weighted by Gasteiger charge is 2.25. The SMILES string of the molecule is CCCNC(c1cnc2ccccc2n1)C1CCCCC1. The van der Waals surface area contributed by atoms with Gasteiger partial charge in [0.25, 0.3) is 0 Å². The molecular weight excluding hydrogens is 258 g/mol. The molecule has 1 N–H and O–H groups in total. The van der Waals surface area contributed by atoms with Crippen molar-refractivity contribution in [2.45, 2.75) is 51.5 Å². The zero-order valence-electron chi connectivity index (χ0n) is 12.9. The Balaban J connectivity index is 1.88.